The van der Waals surface area contributed by atoms with E-state index in [0.29, 0.717) is 5.56 Å². The van der Waals surface area contributed by atoms with Gasteiger partial charge in [-0.05, 0) is 31.5 Å². The molecule has 2 nitrogen and oxygen atoms in total. The molecule has 0 saturated carbocycles. The lowest BCUT2D eigenvalue weighted by Gasteiger charge is -2.09. The number of phenolic OH excluding ortho intramolecular Hbond substituents is 2. The maximum atomic E-state index is 9.77. The van der Waals surface area contributed by atoms with Gasteiger partial charge in [0.05, 0.1) is 5.56 Å². The van der Waals surface area contributed by atoms with Gasteiger partial charge in [-0.2, -0.15) is 0 Å². The molecule has 0 unspecified atom stereocenters. The number of phenols is 2. The van der Waals surface area contributed by atoms with Crippen LogP contribution in [0.3, 0.4) is 0 Å². The van der Waals surface area contributed by atoms with Crippen molar-refractivity contribution in [1.29, 1.82) is 0 Å². The minimum absolute atomic E-state index is 0.102. The summed E-state index contributed by atoms with van der Waals surface area (Å²) in [5.41, 5.74) is 3.55. The van der Waals surface area contributed by atoms with Crippen LogP contribution in [-0.4, -0.2) is 10.2 Å². The van der Waals surface area contributed by atoms with Crippen LogP contribution in [0, 0.1) is 13.8 Å². The molecule has 2 aromatic carbocycles. The molecular formula is C14H14O2. The van der Waals surface area contributed by atoms with Gasteiger partial charge in [0.15, 0.2) is 0 Å². The average molecular weight is 214 g/mol. The number of hydrogen-bond donors (Lipinski definition) is 2. The minimum atomic E-state index is 0.102. The highest BCUT2D eigenvalue weighted by Crippen LogP contribution is 2.37. The van der Waals surface area contributed by atoms with Crippen molar-refractivity contribution in [3.63, 3.8) is 0 Å². The molecule has 2 N–H and O–H groups in total. The van der Waals surface area contributed by atoms with Crippen LogP contribution in [0.2, 0.25) is 0 Å². The van der Waals surface area contributed by atoms with Crippen LogP contribution in [0.5, 0.6) is 11.5 Å². The lowest BCUT2D eigenvalue weighted by atomic mass is 9.99. The van der Waals surface area contributed by atoms with Crippen LogP contribution in [0.15, 0.2) is 36.4 Å². The summed E-state index contributed by atoms with van der Waals surface area (Å²) in [5, 5.41) is 19.5. The van der Waals surface area contributed by atoms with E-state index in [2.05, 4.69) is 6.07 Å². The second kappa shape index (κ2) is 3.89. The Labute approximate surface area is 94.8 Å². The molecule has 0 fully saturated rings. The van der Waals surface area contributed by atoms with Crippen molar-refractivity contribution in [2.45, 2.75) is 13.8 Å². The molecule has 16 heavy (non-hydrogen) atoms. The zero-order chi connectivity index (χ0) is 11.7. The van der Waals surface area contributed by atoms with Crippen LogP contribution in [0.25, 0.3) is 11.1 Å². The van der Waals surface area contributed by atoms with Gasteiger partial charge >= 0.3 is 0 Å². The van der Waals surface area contributed by atoms with E-state index in [1.165, 1.54) is 0 Å². The first kappa shape index (κ1) is 10.6. The van der Waals surface area contributed by atoms with Gasteiger partial charge in [-0.3, -0.25) is 0 Å². The fourth-order valence-electron chi connectivity index (χ4n) is 1.94. The third-order valence-corrected chi connectivity index (χ3v) is 2.53. The second-order valence-corrected chi connectivity index (χ2v) is 4.05. The molecule has 0 aliphatic rings. The summed E-state index contributed by atoms with van der Waals surface area (Å²) in [4.78, 5) is 0. The van der Waals surface area contributed by atoms with E-state index in [1.54, 1.807) is 18.2 Å². The highest BCUT2D eigenvalue weighted by molar-refractivity contribution is 5.76. The molecular weight excluding hydrogens is 200 g/mol. The first-order valence-corrected chi connectivity index (χ1v) is 5.17. The minimum Gasteiger partial charge on any atom is -0.507 e. The maximum Gasteiger partial charge on any atom is 0.127 e. The Morgan fingerprint density at radius 2 is 1.31 bits per heavy atom. The number of rotatable bonds is 1. The largest absolute Gasteiger partial charge is 0.507 e. The topological polar surface area (TPSA) is 40.5 Å². The summed E-state index contributed by atoms with van der Waals surface area (Å²) in [6, 6.07) is 10.7. The number of aryl methyl sites for hydroxylation is 2. The molecule has 0 aromatic heterocycles. The van der Waals surface area contributed by atoms with Gasteiger partial charge in [0.1, 0.15) is 11.5 Å². The van der Waals surface area contributed by atoms with Crippen LogP contribution in [0.4, 0.5) is 0 Å². The van der Waals surface area contributed by atoms with Crippen molar-refractivity contribution in [3.05, 3.63) is 47.5 Å². The first-order chi connectivity index (χ1) is 7.58. The molecule has 0 aliphatic carbocycles. The zero-order valence-electron chi connectivity index (χ0n) is 9.36. The van der Waals surface area contributed by atoms with Gasteiger partial charge in [0, 0.05) is 0 Å². The summed E-state index contributed by atoms with van der Waals surface area (Å²) < 4.78 is 0. The number of hydrogen-bond acceptors (Lipinski definition) is 2. The smallest absolute Gasteiger partial charge is 0.127 e. The third kappa shape index (κ3) is 1.87. The maximum absolute atomic E-state index is 9.77. The van der Waals surface area contributed by atoms with E-state index in [-0.39, 0.29) is 11.5 Å². The quantitative estimate of drug-likeness (QED) is 0.764. The Bertz CT molecular complexity index is 490. The second-order valence-electron chi connectivity index (χ2n) is 4.05. The van der Waals surface area contributed by atoms with Gasteiger partial charge in [-0.1, -0.05) is 35.4 Å². The Kier molecular flexibility index (Phi) is 2.57. The highest BCUT2D eigenvalue weighted by atomic mass is 16.3. The van der Waals surface area contributed by atoms with E-state index < -0.39 is 0 Å². The predicted octanol–water partition coefficient (Wildman–Crippen LogP) is 3.38. The summed E-state index contributed by atoms with van der Waals surface area (Å²) in [5.74, 6) is 0.204. The fraction of sp³-hybridized carbons (Fsp3) is 0.143. The zero-order valence-corrected chi connectivity index (χ0v) is 9.36. The van der Waals surface area contributed by atoms with Gasteiger partial charge in [-0.25, -0.2) is 0 Å². The molecule has 0 heterocycles. The number of aromatic hydroxyl groups is 2. The van der Waals surface area contributed by atoms with Crippen LogP contribution in [-0.2, 0) is 0 Å². The normalized spacial score (nSPS) is 10.4. The standard InChI is InChI=1S/C14H14O2/c1-9-6-10(2)8-11(7-9)14-12(15)4-3-5-13(14)16/h3-8,15-16H,1-2H3. The molecule has 0 spiro atoms. The van der Waals surface area contributed by atoms with Gasteiger partial charge < -0.3 is 10.2 Å². The van der Waals surface area contributed by atoms with Crippen molar-refractivity contribution in [3.8, 4) is 22.6 Å². The van der Waals surface area contributed by atoms with E-state index in [1.807, 2.05) is 26.0 Å². The molecule has 0 saturated heterocycles. The molecule has 0 atom stereocenters. The molecule has 2 heteroatoms. The summed E-state index contributed by atoms with van der Waals surface area (Å²) in [6.45, 7) is 3.99. The lowest BCUT2D eigenvalue weighted by Crippen LogP contribution is -1.84. The Balaban J connectivity index is 2.67. The monoisotopic (exact) mass is 214 g/mol. The fourth-order valence-corrected chi connectivity index (χ4v) is 1.94. The molecule has 0 aliphatic heterocycles. The van der Waals surface area contributed by atoms with E-state index >= 15 is 0 Å². The summed E-state index contributed by atoms with van der Waals surface area (Å²) in [7, 11) is 0. The summed E-state index contributed by atoms with van der Waals surface area (Å²) >= 11 is 0. The molecule has 0 radical (unpaired) electrons. The first-order valence-electron chi connectivity index (χ1n) is 5.17. The predicted molar refractivity (Wildman–Crippen MR) is 64.7 cm³/mol. The molecule has 2 aromatic rings. The number of benzene rings is 2. The summed E-state index contributed by atoms with van der Waals surface area (Å²) in [6.07, 6.45) is 0. The van der Waals surface area contributed by atoms with Crippen LogP contribution in [0.1, 0.15) is 11.1 Å². The highest BCUT2D eigenvalue weighted by Gasteiger charge is 2.09. The van der Waals surface area contributed by atoms with Crippen LogP contribution >= 0.6 is 0 Å². The Morgan fingerprint density at radius 1 is 0.812 bits per heavy atom. The Hall–Kier alpha value is -1.96. The van der Waals surface area contributed by atoms with E-state index in [4.69, 9.17) is 0 Å². The van der Waals surface area contributed by atoms with Crippen molar-refractivity contribution in [1.82, 2.24) is 0 Å². The third-order valence-electron chi connectivity index (χ3n) is 2.53. The van der Waals surface area contributed by atoms with Crippen molar-refractivity contribution in [2.75, 3.05) is 0 Å². The lowest BCUT2D eigenvalue weighted by molar-refractivity contribution is 0.454. The molecule has 0 amide bonds. The van der Waals surface area contributed by atoms with Crippen molar-refractivity contribution in [2.24, 2.45) is 0 Å². The molecule has 0 bridgehead atoms. The van der Waals surface area contributed by atoms with Crippen LogP contribution < -0.4 is 0 Å². The molecule has 82 valence electrons. The Morgan fingerprint density at radius 3 is 1.81 bits per heavy atom. The van der Waals surface area contributed by atoms with Gasteiger partial charge in [-0.15, -0.1) is 0 Å². The average Bonchev–Trinajstić information content (AvgIpc) is 2.15. The van der Waals surface area contributed by atoms with Crippen molar-refractivity contribution < 1.29 is 10.2 Å². The molecule has 2 rings (SSSR count). The van der Waals surface area contributed by atoms with E-state index in [9.17, 15) is 10.2 Å². The van der Waals surface area contributed by atoms with Gasteiger partial charge in [0.2, 0.25) is 0 Å². The SMILES string of the molecule is Cc1cc(C)cc(-c2c(O)cccc2O)c1. The van der Waals surface area contributed by atoms with Crippen molar-refractivity contribution >= 4 is 0 Å². The van der Waals surface area contributed by atoms with Gasteiger partial charge in [0.25, 0.3) is 0 Å². The van der Waals surface area contributed by atoms with E-state index in [0.717, 1.165) is 16.7 Å².